The molecule has 1 aliphatic heterocycles. The lowest BCUT2D eigenvalue weighted by Crippen LogP contribution is -2.41. The van der Waals surface area contributed by atoms with Gasteiger partial charge in [-0.3, -0.25) is 4.90 Å². The van der Waals surface area contributed by atoms with Crippen molar-refractivity contribution >= 4 is 0 Å². The Morgan fingerprint density at radius 1 is 1.53 bits per heavy atom. The number of nitrogens with zero attached hydrogens (tertiary/aromatic N) is 3. The highest BCUT2D eigenvalue weighted by Gasteiger charge is 2.21. The maximum atomic E-state index is 5.01. The topological polar surface area (TPSA) is 54.2 Å². The van der Waals surface area contributed by atoms with E-state index in [1.807, 2.05) is 6.92 Å². The third-order valence-corrected chi connectivity index (χ3v) is 3.26. The first kappa shape index (κ1) is 12.5. The molecule has 1 saturated heterocycles. The molecule has 1 aromatic rings. The lowest BCUT2D eigenvalue weighted by molar-refractivity contribution is 0.187. The van der Waals surface area contributed by atoms with E-state index in [1.165, 1.54) is 12.8 Å². The quantitative estimate of drug-likeness (QED) is 0.839. The SMILES string of the molecule is Cc1nc(CN(CC2CCCN2)C(C)C)no1. The molecular formula is C12H22N4O. The van der Waals surface area contributed by atoms with Gasteiger partial charge in [-0.1, -0.05) is 5.16 Å². The number of hydrogen-bond acceptors (Lipinski definition) is 5. The van der Waals surface area contributed by atoms with E-state index in [2.05, 4.69) is 34.2 Å². The molecule has 0 aliphatic carbocycles. The van der Waals surface area contributed by atoms with Gasteiger partial charge in [-0.05, 0) is 33.2 Å². The molecule has 2 heterocycles. The van der Waals surface area contributed by atoms with Crippen LogP contribution in [0.3, 0.4) is 0 Å². The number of rotatable bonds is 5. The molecule has 0 radical (unpaired) electrons. The second kappa shape index (κ2) is 5.60. The van der Waals surface area contributed by atoms with E-state index in [1.54, 1.807) is 0 Å². The van der Waals surface area contributed by atoms with Crippen LogP contribution in [-0.4, -0.2) is 40.2 Å². The van der Waals surface area contributed by atoms with E-state index in [-0.39, 0.29) is 0 Å². The number of hydrogen-bond donors (Lipinski definition) is 1. The van der Waals surface area contributed by atoms with E-state index in [0.717, 1.165) is 25.5 Å². The molecular weight excluding hydrogens is 216 g/mol. The molecule has 1 fully saturated rings. The minimum atomic E-state index is 0.496. The second-order valence-electron chi connectivity index (χ2n) is 5.05. The Balaban J connectivity index is 1.92. The fraction of sp³-hybridized carbons (Fsp3) is 0.833. The van der Waals surface area contributed by atoms with Gasteiger partial charge in [-0.15, -0.1) is 0 Å². The minimum Gasteiger partial charge on any atom is -0.340 e. The molecule has 1 N–H and O–H groups in total. The largest absolute Gasteiger partial charge is 0.340 e. The average molecular weight is 238 g/mol. The van der Waals surface area contributed by atoms with Crippen molar-refractivity contribution in [2.45, 2.75) is 52.2 Å². The van der Waals surface area contributed by atoms with Crippen molar-refractivity contribution < 1.29 is 4.52 Å². The Labute approximate surface area is 103 Å². The summed E-state index contributed by atoms with van der Waals surface area (Å²) in [6, 6.07) is 1.11. The van der Waals surface area contributed by atoms with Gasteiger partial charge < -0.3 is 9.84 Å². The third-order valence-electron chi connectivity index (χ3n) is 3.26. The van der Waals surface area contributed by atoms with Crippen molar-refractivity contribution in [2.75, 3.05) is 13.1 Å². The maximum Gasteiger partial charge on any atom is 0.223 e. The third kappa shape index (κ3) is 3.51. The van der Waals surface area contributed by atoms with Crippen LogP contribution in [0.5, 0.6) is 0 Å². The number of nitrogens with one attached hydrogen (secondary N) is 1. The Morgan fingerprint density at radius 2 is 2.35 bits per heavy atom. The molecule has 1 aliphatic rings. The Bertz CT molecular complexity index is 344. The molecule has 17 heavy (non-hydrogen) atoms. The summed E-state index contributed by atoms with van der Waals surface area (Å²) in [6.07, 6.45) is 2.56. The predicted molar refractivity (Wildman–Crippen MR) is 65.6 cm³/mol. The molecule has 1 aromatic heterocycles. The van der Waals surface area contributed by atoms with Crippen LogP contribution >= 0.6 is 0 Å². The van der Waals surface area contributed by atoms with Gasteiger partial charge in [0.1, 0.15) is 0 Å². The van der Waals surface area contributed by atoms with Crippen LogP contribution in [0.2, 0.25) is 0 Å². The minimum absolute atomic E-state index is 0.496. The summed E-state index contributed by atoms with van der Waals surface area (Å²) in [6.45, 7) is 9.23. The summed E-state index contributed by atoms with van der Waals surface area (Å²) < 4.78 is 5.01. The van der Waals surface area contributed by atoms with Gasteiger partial charge in [-0.2, -0.15) is 4.98 Å². The van der Waals surface area contributed by atoms with Crippen LogP contribution in [0.15, 0.2) is 4.52 Å². The fourth-order valence-electron chi connectivity index (χ4n) is 2.24. The molecule has 2 rings (SSSR count). The van der Waals surface area contributed by atoms with E-state index in [0.29, 0.717) is 18.0 Å². The fourth-order valence-corrected chi connectivity index (χ4v) is 2.24. The zero-order chi connectivity index (χ0) is 12.3. The lowest BCUT2D eigenvalue weighted by Gasteiger charge is -2.27. The average Bonchev–Trinajstić information content (AvgIpc) is 2.89. The monoisotopic (exact) mass is 238 g/mol. The highest BCUT2D eigenvalue weighted by Crippen LogP contribution is 2.11. The summed E-state index contributed by atoms with van der Waals surface area (Å²) >= 11 is 0. The first-order chi connectivity index (χ1) is 8.15. The van der Waals surface area contributed by atoms with E-state index in [4.69, 9.17) is 4.52 Å². The highest BCUT2D eigenvalue weighted by molar-refractivity contribution is 4.87. The van der Waals surface area contributed by atoms with Crippen LogP contribution in [0.1, 0.15) is 38.4 Å². The number of aryl methyl sites for hydroxylation is 1. The molecule has 0 saturated carbocycles. The van der Waals surface area contributed by atoms with Crippen molar-refractivity contribution in [3.63, 3.8) is 0 Å². The Kier molecular flexibility index (Phi) is 4.12. The van der Waals surface area contributed by atoms with E-state index >= 15 is 0 Å². The summed E-state index contributed by atoms with van der Waals surface area (Å²) in [5.74, 6) is 1.43. The normalized spacial score (nSPS) is 20.6. The van der Waals surface area contributed by atoms with Gasteiger partial charge in [0.2, 0.25) is 5.89 Å². The molecule has 5 nitrogen and oxygen atoms in total. The highest BCUT2D eigenvalue weighted by atomic mass is 16.5. The van der Waals surface area contributed by atoms with Crippen molar-refractivity contribution in [3.05, 3.63) is 11.7 Å². The first-order valence-electron chi connectivity index (χ1n) is 6.42. The van der Waals surface area contributed by atoms with Crippen LogP contribution < -0.4 is 5.32 Å². The van der Waals surface area contributed by atoms with Gasteiger partial charge >= 0.3 is 0 Å². The smallest absolute Gasteiger partial charge is 0.223 e. The Hall–Kier alpha value is -0.940. The van der Waals surface area contributed by atoms with E-state index < -0.39 is 0 Å². The van der Waals surface area contributed by atoms with Crippen LogP contribution in [0, 0.1) is 6.92 Å². The molecule has 1 atom stereocenters. The molecule has 0 aromatic carbocycles. The summed E-state index contributed by atoms with van der Waals surface area (Å²) in [5.41, 5.74) is 0. The van der Waals surface area contributed by atoms with Gasteiger partial charge in [0.15, 0.2) is 5.82 Å². The predicted octanol–water partition coefficient (Wildman–Crippen LogP) is 1.34. The zero-order valence-corrected chi connectivity index (χ0v) is 10.9. The Morgan fingerprint density at radius 3 is 2.88 bits per heavy atom. The summed E-state index contributed by atoms with van der Waals surface area (Å²) in [4.78, 5) is 6.66. The molecule has 0 bridgehead atoms. The maximum absolute atomic E-state index is 5.01. The van der Waals surface area contributed by atoms with Crippen LogP contribution in [0.4, 0.5) is 0 Å². The molecule has 0 amide bonds. The first-order valence-corrected chi connectivity index (χ1v) is 6.42. The molecule has 96 valence electrons. The standard InChI is InChI=1S/C12H22N4O/c1-9(2)16(7-11-5-4-6-13-11)8-12-14-10(3)17-15-12/h9,11,13H,4-8H2,1-3H3. The van der Waals surface area contributed by atoms with Gasteiger partial charge in [0, 0.05) is 25.6 Å². The zero-order valence-electron chi connectivity index (χ0n) is 10.9. The summed E-state index contributed by atoms with van der Waals surface area (Å²) in [5, 5.41) is 7.49. The molecule has 0 spiro atoms. The lowest BCUT2D eigenvalue weighted by atomic mass is 10.2. The van der Waals surface area contributed by atoms with Gasteiger partial charge in [-0.25, -0.2) is 0 Å². The molecule has 5 heteroatoms. The van der Waals surface area contributed by atoms with E-state index in [9.17, 15) is 0 Å². The number of aromatic nitrogens is 2. The van der Waals surface area contributed by atoms with Crippen LogP contribution in [0.25, 0.3) is 0 Å². The van der Waals surface area contributed by atoms with Crippen molar-refractivity contribution in [1.82, 2.24) is 20.4 Å². The van der Waals surface area contributed by atoms with Crippen molar-refractivity contribution in [3.8, 4) is 0 Å². The van der Waals surface area contributed by atoms with Crippen molar-refractivity contribution in [2.24, 2.45) is 0 Å². The second-order valence-corrected chi connectivity index (χ2v) is 5.05. The summed E-state index contributed by atoms with van der Waals surface area (Å²) in [7, 11) is 0. The van der Waals surface area contributed by atoms with Gasteiger partial charge in [0.25, 0.3) is 0 Å². The van der Waals surface area contributed by atoms with Crippen molar-refractivity contribution in [1.29, 1.82) is 0 Å². The van der Waals surface area contributed by atoms with Gasteiger partial charge in [0.05, 0.1) is 6.54 Å². The van der Waals surface area contributed by atoms with Crippen LogP contribution in [-0.2, 0) is 6.54 Å². The molecule has 1 unspecified atom stereocenters.